The Morgan fingerprint density at radius 2 is 1.77 bits per heavy atom. The maximum Gasteiger partial charge on any atom is 0.242 e. The summed E-state index contributed by atoms with van der Waals surface area (Å²) in [6, 6.07) is 5.24. The van der Waals surface area contributed by atoms with E-state index in [0.717, 1.165) is 4.90 Å². The summed E-state index contributed by atoms with van der Waals surface area (Å²) in [4.78, 5) is 53.1. The second kappa shape index (κ2) is 9.85. The first-order valence-corrected chi connectivity index (χ1v) is 10.7. The van der Waals surface area contributed by atoms with Crippen LogP contribution in [-0.4, -0.2) is 52.6 Å². The van der Waals surface area contributed by atoms with Gasteiger partial charge in [-0.1, -0.05) is 30.4 Å². The van der Waals surface area contributed by atoms with Crippen molar-refractivity contribution in [2.75, 3.05) is 13.1 Å². The van der Waals surface area contributed by atoms with E-state index in [1.165, 1.54) is 11.0 Å². The minimum absolute atomic E-state index is 0.0423. The van der Waals surface area contributed by atoms with Gasteiger partial charge in [-0.2, -0.15) is 0 Å². The number of fused-ring (bicyclic) bond motifs is 1. The Morgan fingerprint density at radius 3 is 2.35 bits per heavy atom. The summed E-state index contributed by atoms with van der Waals surface area (Å²) in [5.41, 5.74) is 0.289. The number of nitrogens with zero attached hydrogens (tertiary/aromatic N) is 2. The molecule has 0 saturated carbocycles. The molecule has 3 rings (SSSR count). The third-order valence-corrected chi connectivity index (χ3v) is 5.96. The maximum absolute atomic E-state index is 14.2. The Labute approximate surface area is 181 Å². The summed E-state index contributed by atoms with van der Waals surface area (Å²) in [6.45, 7) is 3.63. The molecular formula is C23H28FN3O4. The Balaban J connectivity index is 1.72. The molecule has 1 fully saturated rings. The number of likely N-dealkylation sites (tertiary alicyclic amines) is 1. The molecule has 3 atom stereocenters. The van der Waals surface area contributed by atoms with Gasteiger partial charge in [-0.15, -0.1) is 0 Å². The zero-order valence-corrected chi connectivity index (χ0v) is 17.8. The average molecular weight is 429 g/mol. The minimum Gasteiger partial charge on any atom is -0.355 e. The van der Waals surface area contributed by atoms with Crippen molar-refractivity contribution in [1.82, 2.24) is 15.1 Å². The number of halogens is 1. The number of carbonyl (C=O) groups excluding carboxylic acids is 4. The van der Waals surface area contributed by atoms with Crippen molar-refractivity contribution >= 4 is 23.6 Å². The summed E-state index contributed by atoms with van der Waals surface area (Å²) in [6.07, 6.45) is 4.76. The van der Waals surface area contributed by atoms with Crippen LogP contribution in [0.4, 0.5) is 4.39 Å². The second-order valence-electron chi connectivity index (χ2n) is 7.92. The van der Waals surface area contributed by atoms with E-state index in [9.17, 15) is 23.6 Å². The molecule has 0 aromatic heterocycles. The van der Waals surface area contributed by atoms with E-state index in [4.69, 9.17) is 0 Å². The first-order valence-electron chi connectivity index (χ1n) is 10.7. The fraction of sp³-hybridized carbons (Fsp3) is 0.478. The van der Waals surface area contributed by atoms with Crippen molar-refractivity contribution in [3.63, 3.8) is 0 Å². The molecule has 0 spiro atoms. The lowest BCUT2D eigenvalue weighted by Gasteiger charge is -2.29. The summed E-state index contributed by atoms with van der Waals surface area (Å²) in [5.74, 6) is -2.43. The Kier molecular flexibility index (Phi) is 7.20. The van der Waals surface area contributed by atoms with Crippen molar-refractivity contribution in [3.8, 4) is 0 Å². The number of benzene rings is 1. The predicted octanol–water partition coefficient (Wildman–Crippen LogP) is 2.02. The van der Waals surface area contributed by atoms with Gasteiger partial charge in [0.1, 0.15) is 11.9 Å². The largest absolute Gasteiger partial charge is 0.355 e. The van der Waals surface area contributed by atoms with E-state index >= 15 is 0 Å². The molecule has 7 nitrogen and oxygen atoms in total. The molecule has 4 amide bonds. The number of nitrogens with one attached hydrogen (secondary N) is 1. The minimum atomic E-state index is -0.830. The van der Waals surface area contributed by atoms with Crippen LogP contribution in [0.2, 0.25) is 0 Å². The number of hydrogen-bond acceptors (Lipinski definition) is 4. The van der Waals surface area contributed by atoms with Crippen LogP contribution >= 0.6 is 0 Å². The number of carbonyl (C=O) groups is 4. The van der Waals surface area contributed by atoms with E-state index in [2.05, 4.69) is 5.32 Å². The molecule has 1 aromatic carbocycles. The highest BCUT2D eigenvalue weighted by Crippen LogP contribution is 2.35. The lowest BCUT2D eigenvalue weighted by Crippen LogP contribution is -2.48. The molecule has 31 heavy (non-hydrogen) atoms. The highest BCUT2D eigenvalue weighted by Gasteiger charge is 2.47. The highest BCUT2D eigenvalue weighted by molar-refractivity contribution is 6.05. The fourth-order valence-electron chi connectivity index (χ4n) is 4.16. The van der Waals surface area contributed by atoms with E-state index in [0.29, 0.717) is 19.4 Å². The van der Waals surface area contributed by atoms with Crippen LogP contribution in [0.15, 0.2) is 36.4 Å². The zero-order valence-electron chi connectivity index (χ0n) is 17.8. The van der Waals surface area contributed by atoms with Gasteiger partial charge in [0.15, 0.2) is 0 Å². The number of amides is 4. The van der Waals surface area contributed by atoms with Gasteiger partial charge in [0.05, 0.1) is 11.8 Å². The summed E-state index contributed by atoms with van der Waals surface area (Å²) >= 11 is 0. The molecule has 0 unspecified atom stereocenters. The number of imide groups is 1. The summed E-state index contributed by atoms with van der Waals surface area (Å²) in [5, 5.41) is 2.67. The number of likely N-dealkylation sites (N-methyl/N-ethyl adjacent to an activating group) is 1. The van der Waals surface area contributed by atoms with Gasteiger partial charge in [0.25, 0.3) is 0 Å². The van der Waals surface area contributed by atoms with E-state index in [1.807, 2.05) is 12.2 Å². The van der Waals surface area contributed by atoms with Gasteiger partial charge in [0, 0.05) is 31.6 Å². The molecule has 1 N–H and O–H groups in total. The normalized spacial score (nSPS) is 21.1. The fourth-order valence-corrected chi connectivity index (χ4v) is 4.16. The van der Waals surface area contributed by atoms with Gasteiger partial charge in [-0.3, -0.25) is 24.1 Å². The van der Waals surface area contributed by atoms with Gasteiger partial charge in [0.2, 0.25) is 23.6 Å². The van der Waals surface area contributed by atoms with Crippen LogP contribution < -0.4 is 5.32 Å². The lowest BCUT2D eigenvalue weighted by molar-refractivity contribution is -0.143. The highest BCUT2D eigenvalue weighted by atomic mass is 19.1. The Bertz CT molecular complexity index is 875. The molecular weight excluding hydrogens is 401 g/mol. The SMILES string of the molecule is CCNC(=O)[C@@H](C)N(Cc1ccccc1F)C(=O)CCN1C(=O)[C@H]2CC=CC[C@H]2C1=O. The molecule has 1 saturated heterocycles. The van der Waals surface area contributed by atoms with Crippen molar-refractivity contribution in [3.05, 3.63) is 47.8 Å². The topological polar surface area (TPSA) is 86.8 Å². The molecule has 0 bridgehead atoms. The summed E-state index contributed by atoms with van der Waals surface area (Å²) in [7, 11) is 0. The van der Waals surface area contributed by atoms with Gasteiger partial charge < -0.3 is 10.2 Å². The average Bonchev–Trinajstić information content (AvgIpc) is 3.01. The summed E-state index contributed by atoms with van der Waals surface area (Å²) < 4.78 is 14.2. The quantitative estimate of drug-likeness (QED) is 0.506. The van der Waals surface area contributed by atoms with Gasteiger partial charge >= 0.3 is 0 Å². The predicted molar refractivity (Wildman–Crippen MR) is 112 cm³/mol. The van der Waals surface area contributed by atoms with Crippen LogP contribution in [0.5, 0.6) is 0 Å². The van der Waals surface area contributed by atoms with Crippen LogP contribution in [0, 0.1) is 17.7 Å². The van der Waals surface area contributed by atoms with E-state index in [-0.39, 0.29) is 54.6 Å². The van der Waals surface area contributed by atoms with Gasteiger partial charge in [-0.05, 0) is 32.8 Å². The molecule has 1 aromatic rings. The van der Waals surface area contributed by atoms with Crippen LogP contribution in [-0.2, 0) is 25.7 Å². The number of rotatable bonds is 8. The molecule has 1 aliphatic carbocycles. The smallest absolute Gasteiger partial charge is 0.242 e. The van der Waals surface area contributed by atoms with Crippen molar-refractivity contribution in [1.29, 1.82) is 0 Å². The number of hydrogen-bond donors (Lipinski definition) is 1. The molecule has 166 valence electrons. The third kappa shape index (κ3) is 4.84. The second-order valence-corrected chi connectivity index (χ2v) is 7.92. The van der Waals surface area contributed by atoms with Crippen molar-refractivity contribution in [2.24, 2.45) is 11.8 Å². The maximum atomic E-state index is 14.2. The molecule has 1 heterocycles. The zero-order chi connectivity index (χ0) is 22.5. The monoisotopic (exact) mass is 429 g/mol. The van der Waals surface area contributed by atoms with E-state index in [1.54, 1.807) is 32.0 Å². The molecule has 8 heteroatoms. The first kappa shape index (κ1) is 22.7. The third-order valence-electron chi connectivity index (χ3n) is 5.96. The first-order chi connectivity index (χ1) is 14.8. The molecule has 2 aliphatic rings. The number of allylic oxidation sites excluding steroid dienone is 2. The Morgan fingerprint density at radius 1 is 1.16 bits per heavy atom. The lowest BCUT2D eigenvalue weighted by atomic mass is 9.85. The standard InChI is InChI=1S/C23H28FN3O4/c1-3-25-21(29)15(2)27(14-16-8-4-7-11-19(16)24)20(28)12-13-26-22(30)17-9-5-6-10-18(17)23(26)31/h4-8,11,15,17-18H,3,9-10,12-14H2,1-2H3,(H,25,29)/t15-,17-,18+/m1/s1. The van der Waals surface area contributed by atoms with Crippen LogP contribution in [0.25, 0.3) is 0 Å². The molecule has 0 radical (unpaired) electrons. The van der Waals surface area contributed by atoms with Crippen molar-refractivity contribution < 1.29 is 23.6 Å². The van der Waals surface area contributed by atoms with Crippen LogP contribution in [0.1, 0.15) is 38.7 Å². The van der Waals surface area contributed by atoms with Crippen molar-refractivity contribution in [2.45, 2.75) is 45.7 Å². The Hall–Kier alpha value is -3.03. The van der Waals surface area contributed by atoms with Gasteiger partial charge in [-0.25, -0.2) is 4.39 Å². The van der Waals surface area contributed by atoms with E-state index < -0.39 is 17.8 Å². The van der Waals surface area contributed by atoms with Crippen LogP contribution in [0.3, 0.4) is 0 Å². The molecule has 1 aliphatic heterocycles.